The van der Waals surface area contributed by atoms with Crippen LogP contribution in [0.2, 0.25) is 0 Å². The molecule has 302 valence electrons. The van der Waals surface area contributed by atoms with Crippen LogP contribution in [0, 0.1) is 0 Å². The van der Waals surface area contributed by atoms with Crippen LogP contribution in [0.3, 0.4) is 0 Å². The number of hydrogen-bond acceptors (Lipinski definition) is 10. The number of rotatable bonds is 33. The highest BCUT2D eigenvalue weighted by Crippen LogP contribution is 2.23. The number of hydrogen-bond donors (Lipinski definition) is 8. The number of amides is 1. The zero-order valence-electron chi connectivity index (χ0n) is 32.1. The Hall–Kier alpha value is -1.15. The van der Waals surface area contributed by atoms with E-state index in [1.807, 2.05) is 0 Å². The molecule has 11 nitrogen and oxygen atoms in total. The van der Waals surface area contributed by atoms with Crippen molar-refractivity contribution in [3.63, 3.8) is 0 Å². The van der Waals surface area contributed by atoms with E-state index in [2.05, 4.69) is 31.3 Å². The van der Waals surface area contributed by atoms with Crippen LogP contribution in [-0.4, -0.2) is 110 Å². The number of carbonyl (C=O) groups is 1. The Balaban J connectivity index is 2.55. The van der Waals surface area contributed by atoms with Gasteiger partial charge in [-0.2, -0.15) is 0 Å². The second kappa shape index (κ2) is 31.2. The van der Waals surface area contributed by atoms with Crippen molar-refractivity contribution in [1.82, 2.24) is 5.32 Å². The van der Waals surface area contributed by atoms with E-state index in [-0.39, 0.29) is 12.8 Å². The van der Waals surface area contributed by atoms with Crippen LogP contribution >= 0.6 is 0 Å². The van der Waals surface area contributed by atoms with Crippen LogP contribution < -0.4 is 5.32 Å². The summed E-state index contributed by atoms with van der Waals surface area (Å²) in [6.07, 6.45) is 18.5. The van der Waals surface area contributed by atoms with E-state index < -0.39 is 74.2 Å². The van der Waals surface area contributed by atoms with E-state index in [1.54, 1.807) is 0 Å². The monoisotopic (exact) mass is 732 g/mol. The Morgan fingerprint density at radius 3 is 1.69 bits per heavy atom. The summed E-state index contributed by atoms with van der Waals surface area (Å²) in [5.41, 5.74) is 0. The van der Waals surface area contributed by atoms with Crippen LogP contribution in [0.1, 0.15) is 168 Å². The van der Waals surface area contributed by atoms with Gasteiger partial charge in [-0.25, -0.2) is 0 Å². The highest BCUT2D eigenvalue weighted by Gasteiger charge is 2.44. The fourth-order valence-electron chi connectivity index (χ4n) is 6.56. The molecule has 0 bridgehead atoms. The molecule has 1 amide bonds. The van der Waals surface area contributed by atoms with Crippen LogP contribution in [0.4, 0.5) is 0 Å². The molecule has 1 aliphatic heterocycles. The molecule has 0 saturated carbocycles. The summed E-state index contributed by atoms with van der Waals surface area (Å²) in [5, 5.41) is 75.2. The van der Waals surface area contributed by atoms with Crippen molar-refractivity contribution in [1.29, 1.82) is 0 Å². The number of aliphatic hydroxyl groups is 7. The van der Waals surface area contributed by atoms with E-state index >= 15 is 0 Å². The number of allylic oxidation sites excluding steroid dienone is 2. The summed E-state index contributed by atoms with van der Waals surface area (Å²) in [5.74, 6) is -0.710. The summed E-state index contributed by atoms with van der Waals surface area (Å²) >= 11 is 0. The SMILES string of the molecule is CCCCCCCCCCCC/C=C/CCCC(O)C(O)C(COC1OC(CO)C(O)C(O)C1O)NC(=O)C(O)CCCCCCCCCCC. The molecule has 1 saturated heterocycles. The van der Waals surface area contributed by atoms with Gasteiger partial charge in [0.1, 0.15) is 36.6 Å². The molecule has 1 rings (SSSR count). The van der Waals surface area contributed by atoms with Gasteiger partial charge < -0.3 is 50.5 Å². The molecule has 51 heavy (non-hydrogen) atoms. The molecule has 11 heteroatoms. The van der Waals surface area contributed by atoms with Gasteiger partial charge in [0.15, 0.2) is 6.29 Å². The molecule has 1 heterocycles. The highest BCUT2D eigenvalue weighted by atomic mass is 16.7. The van der Waals surface area contributed by atoms with Gasteiger partial charge in [-0.1, -0.05) is 142 Å². The second-order valence-corrected chi connectivity index (χ2v) is 14.7. The molecule has 0 aliphatic carbocycles. The molecule has 1 fully saturated rings. The molecular formula is C40H77NO10. The summed E-state index contributed by atoms with van der Waals surface area (Å²) in [7, 11) is 0. The van der Waals surface area contributed by atoms with E-state index in [1.165, 1.54) is 89.9 Å². The number of ether oxygens (including phenoxy) is 2. The fourth-order valence-corrected chi connectivity index (χ4v) is 6.56. The van der Waals surface area contributed by atoms with Crippen LogP contribution in [0.25, 0.3) is 0 Å². The van der Waals surface area contributed by atoms with Crippen molar-refractivity contribution in [2.24, 2.45) is 0 Å². The minimum Gasteiger partial charge on any atom is -0.394 e. The van der Waals surface area contributed by atoms with Crippen molar-refractivity contribution in [2.45, 2.75) is 223 Å². The van der Waals surface area contributed by atoms with Crippen LogP contribution in [-0.2, 0) is 14.3 Å². The lowest BCUT2D eigenvalue weighted by atomic mass is 9.98. The quantitative estimate of drug-likeness (QED) is 0.0324. The standard InChI is InChI=1S/C40H77NO10/c1-3-5-7-9-11-13-14-15-16-17-18-20-21-23-25-27-32(43)35(45)31(30-50-40-38(48)37(47)36(46)34(29-42)51-40)41-39(49)33(44)28-26-24-22-19-12-10-8-6-4-2/h20-21,31-38,40,42-48H,3-19,22-30H2,1-2H3,(H,41,49)/b21-20+. The number of nitrogens with one attached hydrogen (secondary N) is 1. The first kappa shape index (κ1) is 47.9. The molecule has 0 aromatic heterocycles. The molecule has 9 atom stereocenters. The minimum absolute atomic E-state index is 0.256. The average Bonchev–Trinajstić information content (AvgIpc) is 3.13. The second-order valence-electron chi connectivity index (χ2n) is 14.7. The third-order valence-corrected chi connectivity index (χ3v) is 10.1. The van der Waals surface area contributed by atoms with Gasteiger partial charge in [-0.05, 0) is 38.5 Å². The van der Waals surface area contributed by atoms with E-state index in [9.17, 15) is 40.5 Å². The predicted molar refractivity (Wildman–Crippen MR) is 201 cm³/mol. The third kappa shape index (κ3) is 22.0. The smallest absolute Gasteiger partial charge is 0.249 e. The Morgan fingerprint density at radius 1 is 0.667 bits per heavy atom. The number of carbonyl (C=O) groups excluding carboxylic acids is 1. The maximum Gasteiger partial charge on any atom is 0.249 e. The van der Waals surface area contributed by atoms with Gasteiger partial charge in [-0.3, -0.25) is 4.79 Å². The van der Waals surface area contributed by atoms with Gasteiger partial charge in [0.2, 0.25) is 5.91 Å². The first-order valence-electron chi connectivity index (χ1n) is 20.6. The lowest BCUT2D eigenvalue weighted by Crippen LogP contribution is -2.60. The van der Waals surface area contributed by atoms with E-state index in [0.717, 1.165) is 38.5 Å². The zero-order valence-corrected chi connectivity index (χ0v) is 32.1. The lowest BCUT2D eigenvalue weighted by molar-refractivity contribution is -0.303. The predicted octanol–water partition coefficient (Wildman–Crippen LogP) is 5.33. The lowest BCUT2D eigenvalue weighted by Gasteiger charge is -2.40. The van der Waals surface area contributed by atoms with Crippen LogP contribution in [0.5, 0.6) is 0 Å². The Labute approximate surface area is 309 Å². The van der Waals surface area contributed by atoms with E-state index in [4.69, 9.17) is 9.47 Å². The van der Waals surface area contributed by atoms with Crippen LogP contribution in [0.15, 0.2) is 12.2 Å². The first-order chi connectivity index (χ1) is 24.7. The molecular weight excluding hydrogens is 654 g/mol. The van der Waals surface area contributed by atoms with Gasteiger partial charge in [-0.15, -0.1) is 0 Å². The summed E-state index contributed by atoms with van der Waals surface area (Å²) in [6.45, 7) is 3.37. The minimum atomic E-state index is -1.66. The van der Waals surface area contributed by atoms with Crippen molar-refractivity contribution in [2.75, 3.05) is 13.2 Å². The van der Waals surface area contributed by atoms with Crippen molar-refractivity contribution < 1.29 is 50.0 Å². The average molecular weight is 732 g/mol. The van der Waals surface area contributed by atoms with Gasteiger partial charge >= 0.3 is 0 Å². The number of aliphatic hydroxyl groups excluding tert-OH is 7. The normalized spacial score (nSPS) is 23.4. The molecule has 0 aromatic carbocycles. The zero-order chi connectivity index (χ0) is 37.7. The molecule has 0 radical (unpaired) electrons. The Morgan fingerprint density at radius 2 is 1.16 bits per heavy atom. The largest absolute Gasteiger partial charge is 0.394 e. The fraction of sp³-hybridized carbons (Fsp3) is 0.925. The topological polar surface area (TPSA) is 189 Å². The van der Waals surface area contributed by atoms with Crippen molar-refractivity contribution in [3.05, 3.63) is 12.2 Å². The first-order valence-corrected chi connectivity index (χ1v) is 20.6. The van der Waals surface area contributed by atoms with Gasteiger partial charge in [0.05, 0.1) is 25.4 Å². The Kier molecular flexibility index (Phi) is 29.3. The van der Waals surface area contributed by atoms with Gasteiger partial charge in [0.25, 0.3) is 0 Å². The summed E-state index contributed by atoms with van der Waals surface area (Å²) in [4.78, 5) is 13.0. The third-order valence-electron chi connectivity index (χ3n) is 10.1. The summed E-state index contributed by atoms with van der Waals surface area (Å²) in [6, 6.07) is -1.18. The number of unbranched alkanes of at least 4 members (excludes halogenated alkanes) is 19. The van der Waals surface area contributed by atoms with Crippen molar-refractivity contribution >= 4 is 5.91 Å². The molecule has 9 unspecified atom stereocenters. The van der Waals surface area contributed by atoms with E-state index in [0.29, 0.717) is 12.8 Å². The summed E-state index contributed by atoms with van der Waals surface area (Å²) < 4.78 is 11.0. The maximum absolute atomic E-state index is 13.0. The molecule has 0 aromatic rings. The molecule has 1 aliphatic rings. The van der Waals surface area contributed by atoms with Crippen molar-refractivity contribution in [3.8, 4) is 0 Å². The molecule has 8 N–H and O–H groups in total. The maximum atomic E-state index is 13.0. The van der Waals surface area contributed by atoms with Gasteiger partial charge in [0, 0.05) is 0 Å². The Bertz CT molecular complexity index is 846. The molecule has 0 spiro atoms. The highest BCUT2D eigenvalue weighted by molar-refractivity contribution is 5.80.